The summed E-state index contributed by atoms with van der Waals surface area (Å²) in [6.07, 6.45) is 0.214. The number of halogens is 2. The maximum absolute atomic E-state index is 13.0. The average Bonchev–Trinajstić information content (AvgIpc) is 2.95. The Morgan fingerprint density at radius 1 is 1.16 bits per heavy atom. The number of carbonyl (C=O) groups excluding carboxylic acids is 2. The van der Waals surface area contributed by atoms with Crippen LogP contribution in [0.5, 0.6) is 0 Å². The fourth-order valence-corrected chi connectivity index (χ4v) is 2.82. The SMILES string of the molecule is O=C(NCc1ccc(Cl)cc1)N[C@H]1CC(=O)N(c2ccc(F)cc2)C1. The molecule has 25 heavy (non-hydrogen) atoms. The highest BCUT2D eigenvalue weighted by Gasteiger charge is 2.31. The molecule has 1 atom stereocenters. The quantitative estimate of drug-likeness (QED) is 0.879. The van der Waals surface area contributed by atoms with E-state index in [9.17, 15) is 14.0 Å². The molecule has 7 heteroatoms. The topological polar surface area (TPSA) is 61.4 Å². The molecular formula is C18H17ClFN3O2. The predicted molar refractivity (Wildman–Crippen MR) is 94.0 cm³/mol. The van der Waals surface area contributed by atoms with Crippen molar-refractivity contribution in [2.24, 2.45) is 0 Å². The Morgan fingerprint density at radius 3 is 2.52 bits per heavy atom. The first kappa shape index (κ1) is 17.2. The smallest absolute Gasteiger partial charge is 0.315 e. The van der Waals surface area contributed by atoms with Crippen LogP contribution in [-0.4, -0.2) is 24.5 Å². The van der Waals surface area contributed by atoms with Crippen molar-refractivity contribution in [2.75, 3.05) is 11.4 Å². The molecule has 5 nitrogen and oxygen atoms in total. The molecule has 0 radical (unpaired) electrons. The van der Waals surface area contributed by atoms with Crippen LogP contribution in [-0.2, 0) is 11.3 Å². The van der Waals surface area contributed by atoms with Gasteiger partial charge >= 0.3 is 6.03 Å². The van der Waals surface area contributed by atoms with Crippen LogP contribution >= 0.6 is 11.6 Å². The van der Waals surface area contributed by atoms with E-state index in [1.54, 1.807) is 29.2 Å². The number of hydrogen-bond acceptors (Lipinski definition) is 2. The van der Waals surface area contributed by atoms with Gasteiger partial charge in [-0.2, -0.15) is 0 Å². The third-order valence-corrected chi connectivity index (χ3v) is 4.22. The highest BCUT2D eigenvalue weighted by atomic mass is 35.5. The lowest BCUT2D eigenvalue weighted by atomic mass is 10.2. The minimum absolute atomic E-state index is 0.102. The van der Waals surface area contributed by atoms with E-state index >= 15 is 0 Å². The first-order chi connectivity index (χ1) is 12.0. The second-order valence-corrected chi connectivity index (χ2v) is 6.27. The third kappa shape index (κ3) is 4.48. The standard InChI is InChI=1S/C18H17ClFN3O2/c19-13-3-1-12(2-4-13)10-21-18(25)22-15-9-17(24)23(11-15)16-7-5-14(20)6-8-16/h1-8,15H,9-11H2,(H2,21,22,25)/t15-/m0/s1. The second-order valence-electron chi connectivity index (χ2n) is 5.84. The van der Waals surface area contributed by atoms with Crippen LogP contribution in [0.4, 0.5) is 14.9 Å². The molecule has 0 saturated carbocycles. The predicted octanol–water partition coefficient (Wildman–Crippen LogP) is 3.08. The van der Waals surface area contributed by atoms with Crippen LogP contribution in [0.1, 0.15) is 12.0 Å². The van der Waals surface area contributed by atoms with E-state index < -0.39 is 0 Å². The number of hydrogen-bond donors (Lipinski definition) is 2. The van der Waals surface area contributed by atoms with Crippen molar-refractivity contribution < 1.29 is 14.0 Å². The summed E-state index contributed by atoms with van der Waals surface area (Å²) < 4.78 is 13.0. The molecule has 0 aliphatic carbocycles. The third-order valence-electron chi connectivity index (χ3n) is 3.96. The number of anilines is 1. The fourth-order valence-electron chi connectivity index (χ4n) is 2.70. The summed E-state index contributed by atoms with van der Waals surface area (Å²) in [5.41, 5.74) is 1.55. The van der Waals surface area contributed by atoms with E-state index in [2.05, 4.69) is 10.6 Å². The van der Waals surface area contributed by atoms with Gasteiger partial charge < -0.3 is 15.5 Å². The zero-order chi connectivity index (χ0) is 17.8. The van der Waals surface area contributed by atoms with Gasteiger partial charge in [-0.25, -0.2) is 9.18 Å². The van der Waals surface area contributed by atoms with Gasteiger partial charge in [-0.3, -0.25) is 4.79 Å². The molecule has 130 valence electrons. The summed E-state index contributed by atoms with van der Waals surface area (Å²) in [5, 5.41) is 6.18. The van der Waals surface area contributed by atoms with Crippen molar-refractivity contribution in [1.82, 2.24) is 10.6 Å². The van der Waals surface area contributed by atoms with E-state index in [0.29, 0.717) is 23.8 Å². The number of nitrogens with zero attached hydrogens (tertiary/aromatic N) is 1. The largest absolute Gasteiger partial charge is 0.334 e. The zero-order valence-electron chi connectivity index (χ0n) is 13.3. The minimum atomic E-state index is -0.355. The van der Waals surface area contributed by atoms with Crippen LogP contribution in [0, 0.1) is 5.82 Å². The van der Waals surface area contributed by atoms with Crippen molar-refractivity contribution in [2.45, 2.75) is 19.0 Å². The fraction of sp³-hybridized carbons (Fsp3) is 0.222. The lowest BCUT2D eigenvalue weighted by Gasteiger charge is -2.17. The molecule has 1 fully saturated rings. The minimum Gasteiger partial charge on any atom is -0.334 e. The van der Waals surface area contributed by atoms with E-state index in [-0.39, 0.29) is 30.2 Å². The van der Waals surface area contributed by atoms with Crippen LogP contribution in [0.25, 0.3) is 0 Å². The summed E-state index contributed by atoms with van der Waals surface area (Å²) >= 11 is 5.82. The van der Waals surface area contributed by atoms with Crippen molar-refractivity contribution in [3.63, 3.8) is 0 Å². The zero-order valence-corrected chi connectivity index (χ0v) is 14.1. The van der Waals surface area contributed by atoms with Crippen molar-refractivity contribution in [3.05, 3.63) is 64.9 Å². The van der Waals surface area contributed by atoms with E-state index in [1.165, 1.54) is 12.1 Å². The van der Waals surface area contributed by atoms with Crippen LogP contribution in [0.15, 0.2) is 48.5 Å². The van der Waals surface area contributed by atoms with Crippen molar-refractivity contribution >= 4 is 29.2 Å². The summed E-state index contributed by atoms with van der Waals surface area (Å²) in [7, 11) is 0. The number of benzene rings is 2. The van der Waals surface area contributed by atoms with Gasteiger partial charge in [-0.05, 0) is 42.0 Å². The summed E-state index contributed by atoms with van der Waals surface area (Å²) in [6.45, 7) is 0.726. The molecule has 2 N–H and O–H groups in total. The molecule has 1 saturated heterocycles. The van der Waals surface area contributed by atoms with Crippen LogP contribution in [0.2, 0.25) is 5.02 Å². The first-order valence-electron chi connectivity index (χ1n) is 7.86. The maximum Gasteiger partial charge on any atom is 0.315 e. The first-order valence-corrected chi connectivity index (χ1v) is 8.24. The summed E-state index contributed by atoms with van der Waals surface area (Å²) in [6, 6.07) is 12.3. The lowest BCUT2D eigenvalue weighted by molar-refractivity contribution is -0.117. The van der Waals surface area contributed by atoms with Gasteiger partial charge in [-0.1, -0.05) is 23.7 Å². The van der Waals surface area contributed by atoms with E-state index in [0.717, 1.165) is 5.56 Å². The molecule has 0 bridgehead atoms. The molecule has 3 amide bonds. The number of amides is 3. The Labute approximate surface area is 149 Å². The summed E-state index contributed by atoms with van der Waals surface area (Å²) in [4.78, 5) is 25.7. The molecule has 1 aliphatic heterocycles. The Balaban J connectivity index is 1.51. The van der Waals surface area contributed by atoms with E-state index in [4.69, 9.17) is 11.6 Å². The Kier molecular flexibility index (Phi) is 5.19. The van der Waals surface area contributed by atoms with Crippen molar-refractivity contribution in [1.29, 1.82) is 0 Å². The molecule has 1 heterocycles. The summed E-state index contributed by atoms with van der Waals surface area (Å²) in [5.74, 6) is -0.457. The van der Waals surface area contributed by atoms with Crippen LogP contribution in [0.3, 0.4) is 0 Å². The molecule has 2 aromatic rings. The Bertz CT molecular complexity index is 765. The molecule has 1 aliphatic rings. The van der Waals surface area contributed by atoms with Gasteiger partial charge in [0.25, 0.3) is 0 Å². The van der Waals surface area contributed by atoms with Gasteiger partial charge in [0.05, 0.1) is 6.04 Å². The Morgan fingerprint density at radius 2 is 1.84 bits per heavy atom. The van der Waals surface area contributed by atoms with Gasteiger partial charge in [0.2, 0.25) is 5.91 Å². The second kappa shape index (κ2) is 7.53. The van der Waals surface area contributed by atoms with Gasteiger partial charge in [0.15, 0.2) is 0 Å². The molecule has 0 spiro atoms. The molecule has 2 aromatic carbocycles. The van der Waals surface area contributed by atoms with Crippen LogP contribution < -0.4 is 15.5 Å². The molecule has 3 rings (SSSR count). The van der Waals surface area contributed by atoms with E-state index in [1.807, 2.05) is 12.1 Å². The number of carbonyl (C=O) groups is 2. The number of rotatable bonds is 4. The normalized spacial score (nSPS) is 16.8. The maximum atomic E-state index is 13.0. The Hall–Kier alpha value is -2.60. The van der Waals surface area contributed by atoms with Gasteiger partial charge in [-0.15, -0.1) is 0 Å². The molecule has 0 aromatic heterocycles. The average molecular weight is 362 g/mol. The molecule has 0 unspecified atom stereocenters. The number of urea groups is 1. The highest BCUT2D eigenvalue weighted by molar-refractivity contribution is 6.30. The van der Waals surface area contributed by atoms with Gasteiger partial charge in [0.1, 0.15) is 5.82 Å². The monoisotopic (exact) mass is 361 g/mol. The van der Waals surface area contributed by atoms with Crippen molar-refractivity contribution in [3.8, 4) is 0 Å². The molecular weight excluding hydrogens is 345 g/mol. The van der Waals surface area contributed by atoms with Gasteiger partial charge in [0, 0.05) is 30.2 Å². The highest BCUT2D eigenvalue weighted by Crippen LogP contribution is 2.21. The lowest BCUT2D eigenvalue weighted by Crippen LogP contribution is -2.43. The number of nitrogens with one attached hydrogen (secondary N) is 2.